The van der Waals surface area contributed by atoms with E-state index in [-0.39, 0.29) is 17.8 Å². The molecule has 2 aromatic heterocycles. The van der Waals surface area contributed by atoms with Crippen molar-refractivity contribution in [3.63, 3.8) is 0 Å². The van der Waals surface area contributed by atoms with Gasteiger partial charge in [0, 0.05) is 5.41 Å². The van der Waals surface area contributed by atoms with Gasteiger partial charge in [0.25, 0.3) is 5.56 Å². The monoisotopic (exact) mass is 224 g/mol. The van der Waals surface area contributed by atoms with E-state index in [4.69, 9.17) is 0 Å². The fourth-order valence-electron chi connectivity index (χ4n) is 1.33. The van der Waals surface area contributed by atoms with E-state index in [2.05, 4.69) is 19.9 Å². The molecule has 0 amide bonds. The van der Waals surface area contributed by atoms with Gasteiger partial charge in [-0.3, -0.25) is 14.8 Å². The largest absolute Gasteiger partial charge is 0.395 e. The van der Waals surface area contributed by atoms with Crippen molar-refractivity contribution in [3.05, 3.63) is 26.7 Å². The molecule has 0 atom stereocenters. The number of imidazole rings is 1. The second-order valence-corrected chi connectivity index (χ2v) is 4.26. The average Bonchev–Trinajstić information content (AvgIpc) is 2.62. The molecule has 7 nitrogen and oxygen atoms in total. The summed E-state index contributed by atoms with van der Waals surface area (Å²) in [5.41, 5.74) is -1.31. The molecule has 0 fully saturated rings. The maximum Gasteiger partial charge on any atom is 0.327 e. The molecule has 0 spiro atoms. The predicted octanol–water partition coefficient (Wildman–Crippen LogP) is -0.791. The Kier molecular flexibility index (Phi) is 2.20. The van der Waals surface area contributed by atoms with E-state index in [9.17, 15) is 14.7 Å². The van der Waals surface area contributed by atoms with E-state index < -0.39 is 16.7 Å². The average molecular weight is 224 g/mol. The maximum absolute atomic E-state index is 11.4. The lowest BCUT2D eigenvalue weighted by atomic mass is 9.94. The summed E-state index contributed by atoms with van der Waals surface area (Å²) in [5, 5.41) is 9.18. The number of hydrogen-bond donors (Lipinski definition) is 4. The molecule has 86 valence electrons. The van der Waals surface area contributed by atoms with E-state index in [0.717, 1.165) is 0 Å². The molecule has 16 heavy (non-hydrogen) atoms. The number of aromatic amines is 3. The molecule has 0 unspecified atom stereocenters. The summed E-state index contributed by atoms with van der Waals surface area (Å²) >= 11 is 0. The first-order chi connectivity index (χ1) is 7.44. The van der Waals surface area contributed by atoms with E-state index >= 15 is 0 Å². The Morgan fingerprint density at radius 2 is 1.94 bits per heavy atom. The van der Waals surface area contributed by atoms with Crippen LogP contribution in [0.2, 0.25) is 0 Å². The molecular weight excluding hydrogens is 212 g/mol. The Bertz CT molecular complexity index is 634. The third-order valence-corrected chi connectivity index (χ3v) is 2.43. The zero-order valence-electron chi connectivity index (χ0n) is 8.92. The van der Waals surface area contributed by atoms with Crippen molar-refractivity contribution in [2.45, 2.75) is 19.3 Å². The van der Waals surface area contributed by atoms with Gasteiger partial charge in [0.2, 0.25) is 0 Å². The molecule has 2 rings (SSSR count). The number of aliphatic hydroxyl groups excluding tert-OH is 1. The predicted molar refractivity (Wildman–Crippen MR) is 57.4 cm³/mol. The van der Waals surface area contributed by atoms with Crippen molar-refractivity contribution >= 4 is 11.2 Å². The number of H-pyrrole nitrogens is 3. The van der Waals surface area contributed by atoms with Crippen molar-refractivity contribution in [1.29, 1.82) is 0 Å². The van der Waals surface area contributed by atoms with Crippen LogP contribution >= 0.6 is 0 Å². The highest BCUT2D eigenvalue weighted by molar-refractivity contribution is 5.68. The van der Waals surface area contributed by atoms with Crippen molar-refractivity contribution in [2.75, 3.05) is 6.61 Å². The molecule has 0 aliphatic heterocycles. The van der Waals surface area contributed by atoms with Gasteiger partial charge in [-0.05, 0) is 0 Å². The smallest absolute Gasteiger partial charge is 0.327 e. The molecule has 4 N–H and O–H groups in total. The Balaban J connectivity index is 2.75. The van der Waals surface area contributed by atoms with Gasteiger partial charge in [-0.15, -0.1) is 0 Å². The molecule has 0 aromatic carbocycles. The molecule has 0 saturated carbocycles. The van der Waals surface area contributed by atoms with Crippen LogP contribution in [0.5, 0.6) is 0 Å². The standard InChI is InChI=1S/C9H12N4O3/c1-9(2,3-14)7-10-4-5(11-7)12-8(16)13-6(4)15/h14H,3H2,1-2H3,(H3,10,11,12,13,15,16). The quantitative estimate of drug-likeness (QED) is 0.535. The van der Waals surface area contributed by atoms with Gasteiger partial charge in [0.15, 0.2) is 5.65 Å². The third-order valence-electron chi connectivity index (χ3n) is 2.43. The molecule has 2 heterocycles. The normalized spacial score (nSPS) is 12.2. The summed E-state index contributed by atoms with van der Waals surface area (Å²) in [7, 11) is 0. The molecule has 0 aliphatic carbocycles. The van der Waals surface area contributed by atoms with E-state index in [1.165, 1.54) is 0 Å². The van der Waals surface area contributed by atoms with Gasteiger partial charge < -0.3 is 10.1 Å². The van der Waals surface area contributed by atoms with Crippen LogP contribution in [0, 0.1) is 0 Å². The van der Waals surface area contributed by atoms with Crippen molar-refractivity contribution < 1.29 is 5.11 Å². The molecule has 7 heteroatoms. The van der Waals surface area contributed by atoms with Gasteiger partial charge in [-0.25, -0.2) is 9.78 Å². The lowest BCUT2D eigenvalue weighted by Gasteiger charge is -2.17. The Morgan fingerprint density at radius 1 is 1.25 bits per heavy atom. The first-order valence-corrected chi connectivity index (χ1v) is 4.78. The fourth-order valence-corrected chi connectivity index (χ4v) is 1.33. The van der Waals surface area contributed by atoms with Crippen LogP contribution < -0.4 is 11.2 Å². The van der Waals surface area contributed by atoms with Crippen molar-refractivity contribution in [2.24, 2.45) is 0 Å². The van der Waals surface area contributed by atoms with Crippen LogP contribution in [0.15, 0.2) is 9.59 Å². The molecule has 0 aliphatic rings. The summed E-state index contributed by atoms with van der Waals surface area (Å²) in [6.07, 6.45) is 0. The molecule has 0 saturated heterocycles. The second kappa shape index (κ2) is 3.31. The highest BCUT2D eigenvalue weighted by Gasteiger charge is 2.24. The highest BCUT2D eigenvalue weighted by atomic mass is 16.3. The zero-order chi connectivity index (χ0) is 11.9. The zero-order valence-corrected chi connectivity index (χ0v) is 8.92. The van der Waals surface area contributed by atoms with Crippen LogP contribution in [0.3, 0.4) is 0 Å². The van der Waals surface area contributed by atoms with Crippen LogP contribution in [0.4, 0.5) is 0 Å². The summed E-state index contributed by atoms with van der Waals surface area (Å²) in [6, 6.07) is 0. The van der Waals surface area contributed by atoms with Gasteiger partial charge in [-0.2, -0.15) is 0 Å². The third kappa shape index (κ3) is 1.54. The Morgan fingerprint density at radius 3 is 2.56 bits per heavy atom. The van der Waals surface area contributed by atoms with Gasteiger partial charge in [0.1, 0.15) is 11.3 Å². The van der Waals surface area contributed by atoms with E-state index in [0.29, 0.717) is 5.82 Å². The first kappa shape index (κ1) is 10.6. The topological polar surface area (TPSA) is 115 Å². The van der Waals surface area contributed by atoms with Gasteiger partial charge >= 0.3 is 5.69 Å². The number of aliphatic hydroxyl groups is 1. The molecule has 0 bridgehead atoms. The number of nitrogens with one attached hydrogen (secondary N) is 3. The Hall–Kier alpha value is -1.89. The van der Waals surface area contributed by atoms with Crippen LogP contribution in [0.25, 0.3) is 11.2 Å². The summed E-state index contributed by atoms with van der Waals surface area (Å²) in [5.74, 6) is 0.456. The summed E-state index contributed by atoms with van der Waals surface area (Å²) in [6.45, 7) is 3.43. The van der Waals surface area contributed by atoms with Crippen LogP contribution in [0.1, 0.15) is 19.7 Å². The van der Waals surface area contributed by atoms with Gasteiger partial charge in [0.05, 0.1) is 6.61 Å². The minimum Gasteiger partial charge on any atom is -0.395 e. The lowest BCUT2D eigenvalue weighted by molar-refractivity contribution is 0.212. The molecular formula is C9H12N4O3. The number of aromatic nitrogens is 4. The summed E-state index contributed by atoms with van der Waals surface area (Å²) < 4.78 is 0. The second-order valence-electron chi connectivity index (χ2n) is 4.26. The van der Waals surface area contributed by atoms with Crippen LogP contribution in [-0.4, -0.2) is 31.6 Å². The first-order valence-electron chi connectivity index (χ1n) is 4.78. The number of nitrogens with zero attached hydrogens (tertiary/aromatic N) is 1. The highest BCUT2D eigenvalue weighted by Crippen LogP contribution is 2.19. The number of rotatable bonds is 2. The van der Waals surface area contributed by atoms with E-state index in [1.807, 2.05) is 0 Å². The van der Waals surface area contributed by atoms with Gasteiger partial charge in [-0.1, -0.05) is 13.8 Å². The number of fused-ring (bicyclic) bond motifs is 1. The Labute approximate surface area is 89.6 Å². The molecule has 2 aromatic rings. The lowest BCUT2D eigenvalue weighted by Crippen LogP contribution is -2.23. The summed E-state index contributed by atoms with van der Waals surface area (Å²) in [4.78, 5) is 33.8. The van der Waals surface area contributed by atoms with Crippen molar-refractivity contribution in [1.82, 2.24) is 19.9 Å². The van der Waals surface area contributed by atoms with Crippen LogP contribution in [-0.2, 0) is 5.41 Å². The molecule has 0 radical (unpaired) electrons. The number of hydrogen-bond acceptors (Lipinski definition) is 4. The SMILES string of the molecule is CC(C)(CO)c1nc2[nH]c(=O)[nH]c(=O)c2[nH]1. The minimum absolute atomic E-state index is 0.116. The fraction of sp³-hybridized carbons (Fsp3) is 0.444. The van der Waals surface area contributed by atoms with Crippen molar-refractivity contribution in [3.8, 4) is 0 Å². The van der Waals surface area contributed by atoms with E-state index in [1.54, 1.807) is 13.8 Å². The maximum atomic E-state index is 11.4. The minimum atomic E-state index is -0.600.